The van der Waals surface area contributed by atoms with Gasteiger partial charge in [0, 0.05) is 17.3 Å². The molecule has 1 N–H and O–H groups in total. The second-order valence-corrected chi connectivity index (χ2v) is 4.07. The largest absolute Gasteiger partial charge is 0.299 e. The molecule has 3 heteroatoms. The Bertz CT molecular complexity index is 344. The van der Waals surface area contributed by atoms with Crippen molar-refractivity contribution < 1.29 is 0 Å². The quantitative estimate of drug-likeness (QED) is 0.748. The van der Waals surface area contributed by atoms with Crippen molar-refractivity contribution >= 4 is 0 Å². The van der Waals surface area contributed by atoms with E-state index in [1.807, 2.05) is 34.6 Å². The fraction of sp³-hybridized carbons (Fsp3) is 0.700. The highest BCUT2D eigenvalue weighted by molar-refractivity contribution is 5.19. The average molecular weight is 182 g/mol. The molecule has 0 saturated carbocycles. The highest BCUT2D eigenvalue weighted by atomic mass is 16.1. The summed E-state index contributed by atoms with van der Waals surface area (Å²) in [6.07, 6.45) is 0. The Morgan fingerprint density at radius 2 is 1.77 bits per heavy atom. The lowest BCUT2D eigenvalue weighted by Gasteiger charge is -2.03. The molecule has 0 aliphatic rings. The maximum atomic E-state index is 11.8. The molecule has 1 heterocycles. The van der Waals surface area contributed by atoms with Gasteiger partial charge in [-0.1, -0.05) is 13.8 Å². The van der Waals surface area contributed by atoms with Crippen LogP contribution in [-0.4, -0.2) is 9.78 Å². The third kappa shape index (κ3) is 1.69. The summed E-state index contributed by atoms with van der Waals surface area (Å²) >= 11 is 0. The molecule has 13 heavy (non-hydrogen) atoms. The van der Waals surface area contributed by atoms with Gasteiger partial charge in [0.1, 0.15) is 0 Å². The number of nitrogens with zero attached hydrogens (tertiary/aromatic N) is 1. The number of aromatic amines is 1. The first-order valence-electron chi connectivity index (χ1n) is 4.76. The van der Waals surface area contributed by atoms with Crippen LogP contribution in [0.4, 0.5) is 0 Å². The van der Waals surface area contributed by atoms with Crippen molar-refractivity contribution in [3.05, 3.63) is 21.6 Å². The molecular weight excluding hydrogens is 164 g/mol. The normalized spacial score (nSPS) is 11.6. The number of hydrogen-bond donors (Lipinski definition) is 1. The first-order valence-corrected chi connectivity index (χ1v) is 4.76. The van der Waals surface area contributed by atoms with E-state index in [0.29, 0.717) is 5.92 Å². The van der Waals surface area contributed by atoms with Crippen LogP contribution >= 0.6 is 0 Å². The summed E-state index contributed by atoms with van der Waals surface area (Å²) in [6, 6.07) is 0.207. The van der Waals surface area contributed by atoms with Crippen molar-refractivity contribution in [1.82, 2.24) is 9.78 Å². The van der Waals surface area contributed by atoms with Crippen LogP contribution in [0, 0.1) is 6.92 Å². The Morgan fingerprint density at radius 1 is 1.23 bits per heavy atom. The van der Waals surface area contributed by atoms with Gasteiger partial charge in [0.15, 0.2) is 0 Å². The summed E-state index contributed by atoms with van der Waals surface area (Å²) < 4.78 is 1.69. The highest BCUT2D eigenvalue weighted by Gasteiger charge is 2.14. The fourth-order valence-electron chi connectivity index (χ4n) is 1.63. The smallest absolute Gasteiger partial charge is 0.270 e. The highest BCUT2D eigenvalue weighted by Crippen LogP contribution is 2.14. The van der Waals surface area contributed by atoms with E-state index in [1.54, 1.807) is 4.68 Å². The van der Waals surface area contributed by atoms with Gasteiger partial charge in [0.05, 0.1) is 0 Å². The molecule has 0 aliphatic carbocycles. The molecule has 1 rings (SSSR count). The van der Waals surface area contributed by atoms with Gasteiger partial charge in [0.25, 0.3) is 5.56 Å². The molecule has 74 valence electrons. The van der Waals surface area contributed by atoms with Gasteiger partial charge in [-0.2, -0.15) is 0 Å². The Hall–Kier alpha value is -0.990. The van der Waals surface area contributed by atoms with Crippen molar-refractivity contribution in [1.29, 1.82) is 0 Å². The number of H-pyrrole nitrogens is 1. The molecule has 1 aromatic rings. The number of aryl methyl sites for hydroxylation is 1. The lowest BCUT2D eigenvalue weighted by molar-refractivity contribution is 0.513. The lowest BCUT2D eigenvalue weighted by Crippen LogP contribution is -2.21. The van der Waals surface area contributed by atoms with E-state index in [9.17, 15) is 4.79 Å². The van der Waals surface area contributed by atoms with E-state index < -0.39 is 0 Å². The van der Waals surface area contributed by atoms with Crippen molar-refractivity contribution in [3.63, 3.8) is 0 Å². The minimum atomic E-state index is 0.127. The third-order valence-electron chi connectivity index (χ3n) is 2.24. The maximum absolute atomic E-state index is 11.8. The van der Waals surface area contributed by atoms with Crippen molar-refractivity contribution in [2.75, 3.05) is 0 Å². The molecule has 0 bridgehead atoms. The fourth-order valence-corrected chi connectivity index (χ4v) is 1.63. The SMILES string of the molecule is Cc1[nH]n(C(C)C)c(=O)c1C(C)C. The number of nitrogens with one attached hydrogen (secondary N) is 1. The number of hydrogen-bond acceptors (Lipinski definition) is 1. The minimum absolute atomic E-state index is 0.127. The lowest BCUT2D eigenvalue weighted by atomic mass is 10.1. The summed E-state index contributed by atoms with van der Waals surface area (Å²) in [5.74, 6) is 0.295. The topological polar surface area (TPSA) is 37.8 Å². The number of aromatic nitrogens is 2. The number of rotatable bonds is 2. The average Bonchev–Trinajstić information content (AvgIpc) is 2.26. The molecule has 0 fully saturated rings. The molecule has 3 nitrogen and oxygen atoms in total. The standard InChI is InChI=1S/C10H18N2O/c1-6(2)9-8(5)11-12(7(3)4)10(9)13/h6-7,11H,1-5H3. The maximum Gasteiger partial charge on any atom is 0.270 e. The summed E-state index contributed by atoms with van der Waals surface area (Å²) in [6.45, 7) is 10.0. The first-order chi connectivity index (χ1) is 5.95. The van der Waals surface area contributed by atoms with Crippen molar-refractivity contribution in [2.45, 2.75) is 46.6 Å². The van der Waals surface area contributed by atoms with Crippen LogP contribution in [0.5, 0.6) is 0 Å². The van der Waals surface area contributed by atoms with Crippen LogP contribution in [-0.2, 0) is 0 Å². The first kappa shape index (κ1) is 10.1. The van der Waals surface area contributed by atoms with Gasteiger partial charge in [0.2, 0.25) is 0 Å². The van der Waals surface area contributed by atoms with Crippen LogP contribution in [0.1, 0.15) is 50.9 Å². The summed E-state index contributed by atoms with van der Waals surface area (Å²) in [5.41, 5.74) is 2.03. The van der Waals surface area contributed by atoms with Crippen LogP contribution < -0.4 is 5.56 Å². The predicted molar refractivity (Wildman–Crippen MR) is 54.3 cm³/mol. The summed E-state index contributed by atoms with van der Waals surface area (Å²) in [4.78, 5) is 11.8. The third-order valence-corrected chi connectivity index (χ3v) is 2.24. The zero-order valence-electron chi connectivity index (χ0n) is 9.01. The molecule has 0 aromatic carbocycles. The van der Waals surface area contributed by atoms with Gasteiger partial charge in [-0.05, 0) is 26.7 Å². The van der Waals surface area contributed by atoms with Crippen LogP contribution in [0.25, 0.3) is 0 Å². The van der Waals surface area contributed by atoms with E-state index in [-0.39, 0.29) is 11.6 Å². The zero-order valence-corrected chi connectivity index (χ0v) is 9.01. The monoisotopic (exact) mass is 182 g/mol. The van der Waals surface area contributed by atoms with E-state index in [0.717, 1.165) is 11.3 Å². The van der Waals surface area contributed by atoms with Gasteiger partial charge < -0.3 is 0 Å². The van der Waals surface area contributed by atoms with Crippen molar-refractivity contribution in [3.8, 4) is 0 Å². The molecule has 0 radical (unpaired) electrons. The van der Waals surface area contributed by atoms with E-state index in [1.165, 1.54) is 0 Å². The van der Waals surface area contributed by atoms with Crippen molar-refractivity contribution in [2.24, 2.45) is 0 Å². The molecule has 0 atom stereocenters. The molecule has 0 saturated heterocycles. The van der Waals surface area contributed by atoms with Gasteiger partial charge >= 0.3 is 0 Å². The molecular formula is C10H18N2O. The Labute approximate surface area is 78.8 Å². The molecule has 0 aliphatic heterocycles. The second-order valence-electron chi connectivity index (χ2n) is 4.07. The summed E-state index contributed by atoms with van der Waals surface area (Å²) in [7, 11) is 0. The van der Waals surface area contributed by atoms with E-state index in [4.69, 9.17) is 0 Å². The van der Waals surface area contributed by atoms with E-state index in [2.05, 4.69) is 5.10 Å². The molecule has 0 unspecified atom stereocenters. The second kappa shape index (κ2) is 3.40. The molecule has 0 amide bonds. The van der Waals surface area contributed by atoms with E-state index >= 15 is 0 Å². The van der Waals surface area contributed by atoms with Crippen LogP contribution in [0.2, 0.25) is 0 Å². The zero-order chi connectivity index (χ0) is 10.2. The minimum Gasteiger partial charge on any atom is -0.299 e. The molecule has 1 aromatic heterocycles. The van der Waals surface area contributed by atoms with Gasteiger partial charge in [-0.3, -0.25) is 14.6 Å². The van der Waals surface area contributed by atoms with Gasteiger partial charge in [-0.15, -0.1) is 0 Å². The Kier molecular flexibility index (Phi) is 2.64. The molecule has 0 spiro atoms. The van der Waals surface area contributed by atoms with Crippen LogP contribution in [0.15, 0.2) is 4.79 Å². The van der Waals surface area contributed by atoms with Gasteiger partial charge in [-0.25, -0.2) is 0 Å². The summed E-state index contributed by atoms with van der Waals surface area (Å²) in [5, 5.41) is 3.10. The van der Waals surface area contributed by atoms with Crippen LogP contribution in [0.3, 0.4) is 0 Å². The predicted octanol–water partition coefficient (Wildman–Crippen LogP) is 2.19. The Balaban J connectivity index is 3.31. The Morgan fingerprint density at radius 3 is 2.00 bits per heavy atom.